The molecule has 0 saturated carbocycles. The van der Waals surface area contributed by atoms with E-state index in [1.807, 2.05) is 37.3 Å². The van der Waals surface area contributed by atoms with Crippen molar-refractivity contribution in [3.63, 3.8) is 0 Å². The Morgan fingerprint density at radius 3 is 2.33 bits per heavy atom. The molecular formula is C10H14ClNO5S. The van der Waals surface area contributed by atoms with E-state index in [0.29, 0.717) is 13.2 Å². The van der Waals surface area contributed by atoms with Crippen LogP contribution in [-0.2, 0) is 20.7 Å². The fraction of sp³-hybridized carbons (Fsp3) is 0.300. The molecule has 0 fully saturated rings. The zero-order valence-corrected chi connectivity index (χ0v) is 11.2. The van der Waals surface area contributed by atoms with Crippen LogP contribution in [0.5, 0.6) is 0 Å². The van der Waals surface area contributed by atoms with Crippen molar-refractivity contribution in [2.75, 3.05) is 6.54 Å². The second kappa shape index (κ2) is 8.73. The maximum Gasteiger partial charge on any atom is 0.407 e. The predicted octanol–water partition coefficient (Wildman–Crippen LogP) is 1.96. The minimum absolute atomic E-state index is 0.326. The Kier molecular flexibility index (Phi) is 8.10. The van der Waals surface area contributed by atoms with E-state index in [2.05, 4.69) is 16.0 Å². The first kappa shape index (κ1) is 16.7. The smallest absolute Gasteiger partial charge is 0.407 e. The topological polar surface area (TPSA) is 92.7 Å². The molecule has 1 amide bonds. The first-order valence-corrected chi connectivity index (χ1v) is 7.21. The Bertz CT molecular complexity index is 441. The third-order valence-corrected chi connectivity index (χ3v) is 1.53. The molecular weight excluding hydrogens is 282 g/mol. The molecule has 0 bridgehead atoms. The molecule has 0 aliphatic carbocycles. The van der Waals surface area contributed by atoms with Crippen LogP contribution in [0.1, 0.15) is 12.5 Å². The van der Waals surface area contributed by atoms with Gasteiger partial charge >= 0.3 is 15.4 Å². The van der Waals surface area contributed by atoms with E-state index < -0.39 is 9.33 Å². The number of hydrogen-bond acceptors (Lipinski definition) is 4. The van der Waals surface area contributed by atoms with Crippen LogP contribution < -0.4 is 5.32 Å². The van der Waals surface area contributed by atoms with E-state index in [0.717, 1.165) is 5.56 Å². The number of alkyl carbamates (subject to hydrolysis) is 1. The van der Waals surface area contributed by atoms with Crippen molar-refractivity contribution >= 4 is 26.1 Å². The fourth-order valence-electron chi connectivity index (χ4n) is 0.918. The molecule has 18 heavy (non-hydrogen) atoms. The minimum Gasteiger partial charge on any atom is -0.445 e. The van der Waals surface area contributed by atoms with Gasteiger partial charge in [-0.05, 0) is 12.5 Å². The minimum atomic E-state index is -4.19. The van der Waals surface area contributed by atoms with Crippen molar-refractivity contribution in [3.8, 4) is 0 Å². The zero-order chi connectivity index (χ0) is 14.0. The Hall–Kier alpha value is -1.31. The SMILES string of the molecule is CCNC(=O)OCc1ccccc1.O=S(=O)(O)Cl. The van der Waals surface area contributed by atoms with Gasteiger partial charge < -0.3 is 10.1 Å². The molecule has 1 aromatic carbocycles. The Morgan fingerprint density at radius 2 is 1.89 bits per heavy atom. The highest BCUT2D eigenvalue weighted by Crippen LogP contribution is 2.00. The summed E-state index contributed by atoms with van der Waals surface area (Å²) in [5.41, 5.74) is 0.994. The van der Waals surface area contributed by atoms with E-state index >= 15 is 0 Å². The molecule has 1 aromatic rings. The Labute approximate surface area is 110 Å². The summed E-state index contributed by atoms with van der Waals surface area (Å²) >= 11 is 0. The van der Waals surface area contributed by atoms with Gasteiger partial charge in [0.1, 0.15) is 6.61 Å². The molecule has 0 spiro atoms. The molecule has 8 heteroatoms. The summed E-state index contributed by atoms with van der Waals surface area (Å²) in [7, 11) is -0.137. The third kappa shape index (κ3) is 12.8. The number of ether oxygens (including phenoxy) is 1. The average molecular weight is 296 g/mol. The summed E-state index contributed by atoms with van der Waals surface area (Å²) in [6.07, 6.45) is -0.369. The summed E-state index contributed by atoms with van der Waals surface area (Å²) in [4.78, 5) is 10.9. The lowest BCUT2D eigenvalue weighted by atomic mass is 10.2. The molecule has 0 heterocycles. The fourth-order valence-corrected chi connectivity index (χ4v) is 0.918. The predicted molar refractivity (Wildman–Crippen MR) is 67.7 cm³/mol. The molecule has 0 saturated heterocycles. The van der Waals surface area contributed by atoms with Gasteiger partial charge in [0.2, 0.25) is 0 Å². The number of halogens is 1. The first-order valence-electron chi connectivity index (χ1n) is 4.94. The van der Waals surface area contributed by atoms with E-state index in [9.17, 15) is 4.79 Å². The lowest BCUT2D eigenvalue weighted by Gasteiger charge is -2.04. The number of carbonyl (C=O) groups is 1. The van der Waals surface area contributed by atoms with Crippen LogP contribution >= 0.6 is 10.7 Å². The number of amides is 1. The van der Waals surface area contributed by atoms with Crippen molar-refractivity contribution in [2.45, 2.75) is 13.5 Å². The maximum absolute atomic E-state index is 10.9. The lowest BCUT2D eigenvalue weighted by molar-refractivity contribution is 0.140. The highest BCUT2D eigenvalue weighted by molar-refractivity contribution is 8.09. The van der Waals surface area contributed by atoms with E-state index in [1.165, 1.54) is 0 Å². The highest BCUT2D eigenvalue weighted by Gasteiger charge is 1.98. The van der Waals surface area contributed by atoms with Crippen molar-refractivity contribution in [1.82, 2.24) is 5.32 Å². The molecule has 0 unspecified atom stereocenters. The van der Waals surface area contributed by atoms with Gasteiger partial charge in [-0.1, -0.05) is 30.3 Å². The summed E-state index contributed by atoms with van der Waals surface area (Å²) in [5.74, 6) is 0. The van der Waals surface area contributed by atoms with Crippen LogP contribution in [0.15, 0.2) is 30.3 Å². The van der Waals surface area contributed by atoms with Crippen molar-refractivity contribution < 1.29 is 22.5 Å². The van der Waals surface area contributed by atoms with Gasteiger partial charge in [0.25, 0.3) is 0 Å². The number of rotatable bonds is 3. The second-order valence-electron chi connectivity index (χ2n) is 3.00. The van der Waals surface area contributed by atoms with Crippen molar-refractivity contribution in [3.05, 3.63) is 35.9 Å². The van der Waals surface area contributed by atoms with Gasteiger partial charge in [-0.3, -0.25) is 4.55 Å². The maximum atomic E-state index is 10.9. The molecule has 0 aliphatic heterocycles. The summed E-state index contributed by atoms with van der Waals surface area (Å²) in [6.45, 7) is 2.77. The molecule has 0 radical (unpaired) electrons. The molecule has 0 aliphatic rings. The first-order chi connectivity index (χ1) is 8.33. The van der Waals surface area contributed by atoms with Gasteiger partial charge in [0.15, 0.2) is 0 Å². The second-order valence-corrected chi connectivity index (χ2v) is 5.00. The van der Waals surface area contributed by atoms with Crippen LogP contribution in [0, 0.1) is 0 Å². The van der Waals surface area contributed by atoms with Crippen LogP contribution in [0.4, 0.5) is 4.79 Å². The van der Waals surface area contributed by atoms with Crippen LogP contribution in [0.25, 0.3) is 0 Å². The standard InChI is InChI=1S/C10H13NO2.ClHO3S/c1-2-11-10(12)13-8-9-6-4-3-5-7-9;1-5(2,3)4/h3-7H,2,8H2,1H3,(H,11,12);(H,2,3,4). The van der Waals surface area contributed by atoms with Crippen molar-refractivity contribution in [1.29, 1.82) is 0 Å². The van der Waals surface area contributed by atoms with Gasteiger partial charge in [-0.15, -0.1) is 0 Å². The number of hydrogen-bond donors (Lipinski definition) is 2. The normalized spacial score (nSPS) is 9.94. The monoisotopic (exact) mass is 295 g/mol. The Morgan fingerprint density at radius 1 is 1.39 bits per heavy atom. The van der Waals surface area contributed by atoms with Crippen LogP contribution in [-0.4, -0.2) is 25.6 Å². The summed E-state index contributed by atoms with van der Waals surface area (Å²) < 4.78 is 30.1. The lowest BCUT2D eigenvalue weighted by Crippen LogP contribution is -2.23. The molecule has 102 valence electrons. The molecule has 1 rings (SSSR count). The highest BCUT2D eigenvalue weighted by atomic mass is 35.7. The quantitative estimate of drug-likeness (QED) is 0.657. The van der Waals surface area contributed by atoms with E-state index in [1.54, 1.807) is 0 Å². The zero-order valence-electron chi connectivity index (χ0n) is 9.67. The molecule has 6 nitrogen and oxygen atoms in total. The van der Waals surface area contributed by atoms with Gasteiger partial charge in [-0.25, -0.2) is 4.79 Å². The third-order valence-electron chi connectivity index (χ3n) is 1.53. The molecule has 2 N–H and O–H groups in total. The van der Waals surface area contributed by atoms with E-state index in [-0.39, 0.29) is 6.09 Å². The van der Waals surface area contributed by atoms with Gasteiger partial charge in [0.05, 0.1) is 0 Å². The van der Waals surface area contributed by atoms with Crippen molar-refractivity contribution in [2.24, 2.45) is 0 Å². The van der Waals surface area contributed by atoms with E-state index in [4.69, 9.17) is 17.7 Å². The van der Waals surface area contributed by atoms with Gasteiger partial charge in [0, 0.05) is 17.2 Å². The summed E-state index contributed by atoms with van der Waals surface area (Å²) in [5, 5.41) is 2.55. The van der Waals surface area contributed by atoms with Crippen LogP contribution in [0.2, 0.25) is 0 Å². The largest absolute Gasteiger partial charge is 0.445 e. The van der Waals surface area contributed by atoms with Gasteiger partial charge in [-0.2, -0.15) is 8.42 Å². The summed E-state index contributed by atoms with van der Waals surface area (Å²) in [6, 6.07) is 9.58. The number of benzene rings is 1. The molecule has 0 aromatic heterocycles. The molecule has 0 atom stereocenters. The number of carbonyl (C=O) groups excluding carboxylic acids is 1. The Balaban J connectivity index is 0.000000494. The average Bonchev–Trinajstić information content (AvgIpc) is 2.26. The van der Waals surface area contributed by atoms with Crippen LogP contribution in [0.3, 0.4) is 0 Å². The number of nitrogens with one attached hydrogen (secondary N) is 1.